The van der Waals surface area contributed by atoms with Gasteiger partial charge in [0.2, 0.25) is 16.5 Å². The van der Waals surface area contributed by atoms with E-state index in [2.05, 4.69) is 32.4 Å². The van der Waals surface area contributed by atoms with Crippen LogP contribution in [0.5, 0.6) is 0 Å². The predicted octanol–water partition coefficient (Wildman–Crippen LogP) is 3.22. The molecule has 0 atom stereocenters. The molecule has 0 aliphatic heterocycles. The lowest BCUT2D eigenvalue weighted by Crippen LogP contribution is -2.07. The number of nitrogens with zero attached hydrogens (tertiary/aromatic N) is 3. The molecule has 1 aromatic heterocycles. The third kappa shape index (κ3) is 4.13. The lowest BCUT2D eigenvalue weighted by atomic mass is 10.1. The molecule has 0 aliphatic rings. The molecule has 2 rings (SSSR count). The maximum absolute atomic E-state index is 5.67. The van der Waals surface area contributed by atoms with Crippen molar-refractivity contribution in [3.8, 4) is 0 Å². The molecule has 0 aliphatic carbocycles. The Kier molecular flexibility index (Phi) is 4.73. The Morgan fingerprint density at radius 3 is 2.28 bits per heavy atom. The molecule has 0 fully saturated rings. The first-order chi connectivity index (χ1) is 8.74. The first-order valence-corrected chi connectivity index (χ1v) is 6.34. The summed E-state index contributed by atoms with van der Waals surface area (Å²) in [6.45, 7) is 0.756. The molecule has 4 nitrogen and oxygen atoms in total. The van der Waals surface area contributed by atoms with E-state index in [1.54, 1.807) is 0 Å². The molecule has 0 amide bonds. The molecule has 1 N–H and O–H groups in total. The molecule has 0 saturated carbocycles. The molecule has 0 spiro atoms. The van der Waals surface area contributed by atoms with Gasteiger partial charge in [0.25, 0.3) is 0 Å². The Morgan fingerprint density at radius 1 is 0.944 bits per heavy atom. The number of aryl methyl sites for hydroxylation is 1. The van der Waals surface area contributed by atoms with Crippen LogP contribution in [0.2, 0.25) is 10.6 Å². The van der Waals surface area contributed by atoms with Gasteiger partial charge in [-0.05, 0) is 41.6 Å². The van der Waals surface area contributed by atoms with E-state index in [0.29, 0.717) is 5.95 Å². The Morgan fingerprint density at radius 2 is 1.61 bits per heavy atom. The van der Waals surface area contributed by atoms with E-state index in [1.807, 2.05) is 18.2 Å². The Balaban J connectivity index is 1.78. The number of aromatic nitrogens is 3. The van der Waals surface area contributed by atoms with Crippen molar-refractivity contribution in [2.45, 2.75) is 12.8 Å². The maximum Gasteiger partial charge on any atom is 0.228 e. The van der Waals surface area contributed by atoms with Gasteiger partial charge in [-0.25, -0.2) is 0 Å². The van der Waals surface area contributed by atoms with Crippen LogP contribution in [0.4, 0.5) is 5.95 Å². The fourth-order valence-electron chi connectivity index (χ4n) is 1.54. The van der Waals surface area contributed by atoms with Gasteiger partial charge >= 0.3 is 0 Å². The van der Waals surface area contributed by atoms with E-state index in [-0.39, 0.29) is 10.6 Å². The number of hydrogen-bond acceptors (Lipinski definition) is 4. The number of hydrogen-bond donors (Lipinski definition) is 1. The van der Waals surface area contributed by atoms with Crippen LogP contribution < -0.4 is 5.32 Å². The zero-order chi connectivity index (χ0) is 12.8. The van der Waals surface area contributed by atoms with E-state index >= 15 is 0 Å². The quantitative estimate of drug-likeness (QED) is 0.856. The van der Waals surface area contributed by atoms with Crippen molar-refractivity contribution in [1.29, 1.82) is 0 Å². The maximum atomic E-state index is 5.67. The minimum atomic E-state index is 0.0977. The highest BCUT2D eigenvalue weighted by Gasteiger charge is 2.01. The normalized spacial score (nSPS) is 10.3. The standard InChI is InChI=1S/C12H12Cl2N4/c13-10-16-11(14)18-12(17-10)15-8-4-7-9-5-2-1-3-6-9/h1-3,5-6H,4,7-8H2,(H,15,16,17,18). The average molecular weight is 283 g/mol. The van der Waals surface area contributed by atoms with Gasteiger partial charge in [0.05, 0.1) is 0 Å². The van der Waals surface area contributed by atoms with E-state index < -0.39 is 0 Å². The van der Waals surface area contributed by atoms with Gasteiger partial charge in [-0.1, -0.05) is 30.3 Å². The molecular weight excluding hydrogens is 271 g/mol. The second-order valence-corrected chi connectivity index (χ2v) is 4.39. The first-order valence-electron chi connectivity index (χ1n) is 5.59. The Labute approximate surface area is 115 Å². The summed E-state index contributed by atoms with van der Waals surface area (Å²) in [6.07, 6.45) is 1.98. The number of benzene rings is 1. The van der Waals surface area contributed by atoms with Crippen LogP contribution in [0.25, 0.3) is 0 Å². The van der Waals surface area contributed by atoms with Crippen molar-refractivity contribution in [3.05, 3.63) is 46.5 Å². The zero-order valence-electron chi connectivity index (χ0n) is 9.61. The Bertz CT molecular complexity index is 484. The molecule has 0 radical (unpaired) electrons. The van der Waals surface area contributed by atoms with E-state index in [0.717, 1.165) is 19.4 Å². The first kappa shape index (κ1) is 13.1. The largest absolute Gasteiger partial charge is 0.354 e. The molecule has 94 valence electrons. The SMILES string of the molecule is Clc1nc(Cl)nc(NCCCc2ccccc2)n1. The Hall–Kier alpha value is -1.39. The van der Waals surface area contributed by atoms with Crippen LogP contribution in [0.15, 0.2) is 30.3 Å². The summed E-state index contributed by atoms with van der Waals surface area (Å²) in [5, 5.41) is 3.26. The predicted molar refractivity (Wildman–Crippen MR) is 73.1 cm³/mol. The average Bonchev–Trinajstić information content (AvgIpc) is 2.35. The van der Waals surface area contributed by atoms with Crippen LogP contribution in [0, 0.1) is 0 Å². The summed E-state index contributed by atoms with van der Waals surface area (Å²) in [4.78, 5) is 11.5. The number of nitrogens with one attached hydrogen (secondary N) is 1. The molecule has 0 bridgehead atoms. The van der Waals surface area contributed by atoms with Crippen LogP contribution in [-0.4, -0.2) is 21.5 Å². The third-order valence-corrected chi connectivity index (χ3v) is 2.69. The van der Waals surface area contributed by atoms with E-state index in [4.69, 9.17) is 23.2 Å². The van der Waals surface area contributed by atoms with Crippen LogP contribution in [0.1, 0.15) is 12.0 Å². The van der Waals surface area contributed by atoms with Crippen LogP contribution in [0.3, 0.4) is 0 Å². The van der Waals surface area contributed by atoms with Gasteiger partial charge in [0.15, 0.2) is 0 Å². The highest BCUT2D eigenvalue weighted by molar-refractivity contribution is 6.31. The number of rotatable bonds is 5. The van der Waals surface area contributed by atoms with Crippen LogP contribution >= 0.6 is 23.2 Å². The van der Waals surface area contributed by atoms with E-state index in [1.165, 1.54) is 5.56 Å². The summed E-state index contributed by atoms with van der Waals surface area (Å²) in [7, 11) is 0. The minimum Gasteiger partial charge on any atom is -0.354 e. The van der Waals surface area contributed by atoms with Crippen molar-refractivity contribution >= 4 is 29.2 Å². The summed E-state index contributed by atoms with van der Waals surface area (Å²) in [5.74, 6) is 0.410. The molecule has 1 aromatic carbocycles. The molecule has 2 aromatic rings. The number of anilines is 1. The van der Waals surface area contributed by atoms with Gasteiger partial charge in [0.1, 0.15) is 0 Å². The van der Waals surface area contributed by atoms with Gasteiger partial charge in [-0.3, -0.25) is 0 Å². The fraction of sp³-hybridized carbons (Fsp3) is 0.250. The molecule has 1 heterocycles. The zero-order valence-corrected chi connectivity index (χ0v) is 11.1. The minimum absolute atomic E-state index is 0.0977. The van der Waals surface area contributed by atoms with Crippen molar-refractivity contribution in [2.75, 3.05) is 11.9 Å². The van der Waals surface area contributed by atoms with Crippen molar-refractivity contribution in [3.63, 3.8) is 0 Å². The highest BCUT2D eigenvalue weighted by Crippen LogP contribution is 2.09. The van der Waals surface area contributed by atoms with Crippen LogP contribution in [-0.2, 0) is 6.42 Å². The molecular formula is C12H12Cl2N4. The summed E-state index contributed by atoms with van der Waals surface area (Å²) in [6, 6.07) is 10.3. The topological polar surface area (TPSA) is 50.7 Å². The molecule has 0 saturated heterocycles. The van der Waals surface area contributed by atoms with Gasteiger partial charge < -0.3 is 5.32 Å². The fourth-order valence-corrected chi connectivity index (χ4v) is 1.91. The second-order valence-electron chi connectivity index (χ2n) is 3.71. The van der Waals surface area contributed by atoms with Crippen molar-refractivity contribution in [2.24, 2.45) is 0 Å². The van der Waals surface area contributed by atoms with Gasteiger partial charge in [-0.2, -0.15) is 15.0 Å². The lowest BCUT2D eigenvalue weighted by molar-refractivity contribution is 0.849. The summed E-state index contributed by atoms with van der Waals surface area (Å²) < 4.78 is 0. The van der Waals surface area contributed by atoms with Gasteiger partial charge in [0, 0.05) is 6.54 Å². The smallest absolute Gasteiger partial charge is 0.228 e. The van der Waals surface area contributed by atoms with Crippen molar-refractivity contribution < 1.29 is 0 Å². The molecule has 0 unspecified atom stereocenters. The van der Waals surface area contributed by atoms with Crippen molar-refractivity contribution in [1.82, 2.24) is 15.0 Å². The molecule has 6 heteroatoms. The number of halogens is 2. The monoisotopic (exact) mass is 282 g/mol. The summed E-state index contributed by atoms with van der Waals surface area (Å²) in [5.41, 5.74) is 1.31. The molecule has 18 heavy (non-hydrogen) atoms. The summed E-state index contributed by atoms with van der Waals surface area (Å²) >= 11 is 11.3. The lowest BCUT2D eigenvalue weighted by Gasteiger charge is -2.05. The van der Waals surface area contributed by atoms with Gasteiger partial charge in [-0.15, -0.1) is 0 Å². The highest BCUT2D eigenvalue weighted by atomic mass is 35.5. The van der Waals surface area contributed by atoms with E-state index in [9.17, 15) is 0 Å². The third-order valence-electron chi connectivity index (χ3n) is 2.35. The second kappa shape index (κ2) is 6.52.